The van der Waals surface area contributed by atoms with Gasteiger partial charge in [0.25, 0.3) is 0 Å². The Bertz CT molecular complexity index is 512. The van der Waals surface area contributed by atoms with Crippen LogP contribution in [0.3, 0.4) is 0 Å². The molecule has 0 radical (unpaired) electrons. The molecule has 1 aromatic carbocycles. The van der Waals surface area contributed by atoms with Gasteiger partial charge in [-0.3, -0.25) is 0 Å². The Balaban J connectivity index is 3.12. The molecule has 0 saturated carbocycles. The molecule has 0 aliphatic carbocycles. The number of halogens is 3. The second kappa shape index (κ2) is 6.83. The molecule has 3 nitrogen and oxygen atoms in total. The number of hydrogen-bond donors (Lipinski definition) is 1. The van der Waals surface area contributed by atoms with E-state index in [1.54, 1.807) is 6.07 Å². The summed E-state index contributed by atoms with van der Waals surface area (Å²) in [6.45, 7) is 3.85. The lowest BCUT2D eigenvalue weighted by molar-refractivity contribution is -0.131. The van der Waals surface area contributed by atoms with Crippen LogP contribution in [0.25, 0.3) is 6.08 Å². The average molecular weight is 352 g/mol. The minimum absolute atomic E-state index is 0.218. The predicted octanol–water partition coefficient (Wildman–Crippen LogP) is 4.38. The normalized spacial score (nSPS) is 10.6. The molecule has 18 heavy (non-hydrogen) atoms. The average Bonchev–Trinajstić information content (AvgIpc) is 2.24. The molecule has 1 rings (SSSR count). The first kappa shape index (κ1) is 15.1. The van der Waals surface area contributed by atoms with Gasteiger partial charge in [-0.25, -0.2) is 4.79 Å². The molecule has 1 aromatic rings. The highest BCUT2D eigenvalue weighted by Crippen LogP contribution is 2.33. The van der Waals surface area contributed by atoms with Crippen molar-refractivity contribution in [1.82, 2.24) is 0 Å². The third kappa shape index (κ3) is 4.72. The van der Waals surface area contributed by atoms with Crippen LogP contribution in [0.4, 0.5) is 0 Å². The van der Waals surface area contributed by atoms with Crippen molar-refractivity contribution < 1.29 is 14.6 Å². The van der Waals surface area contributed by atoms with Crippen LogP contribution >= 0.6 is 39.1 Å². The number of benzene rings is 1. The zero-order valence-electron chi connectivity index (χ0n) is 9.12. The summed E-state index contributed by atoms with van der Waals surface area (Å²) in [5.41, 5.74) is 0.489. The van der Waals surface area contributed by atoms with Gasteiger partial charge < -0.3 is 9.84 Å². The molecule has 0 heterocycles. The van der Waals surface area contributed by atoms with E-state index in [1.807, 2.05) is 0 Å². The molecule has 0 saturated heterocycles. The van der Waals surface area contributed by atoms with Crippen molar-refractivity contribution in [2.75, 3.05) is 6.61 Å². The van der Waals surface area contributed by atoms with Gasteiger partial charge in [-0.05, 0) is 18.2 Å². The summed E-state index contributed by atoms with van der Waals surface area (Å²) in [7, 11) is 0. The van der Waals surface area contributed by atoms with Gasteiger partial charge in [0.05, 0.1) is 5.02 Å². The number of hydrogen-bond acceptors (Lipinski definition) is 2. The SMILES string of the molecule is C=C(Br)COc1c(Cl)cc(Cl)cc1C=CC(=O)O. The largest absolute Gasteiger partial charge is 0.486 e. The summed E-state index contributed by atoms with van der Waals surface area (Å²) in [4.78, 5) is 10.5. The number of rotatable bonds is 5. The Kier molecular flexibility index (Phi) is 5.72. The Morgan fingerprint density at radius 1 is 1.50 bits per heavy atom. The summed E-state index contributed by atoms with van der Waals surface area (Å²) in [6.07, 6.45) is 2.35. The van der Waals surface area contributed by atoms with E-state index in [1.165, 1.54) is 12.1 Å². The lowest BCUT2D eigenvalue weighted by Crippen LogP contribution is -1.99. The second-order valence-corrected chi connectivity index (χ2v) is 5.25. The van der Waals surface area contributed by atoms with E-state index >= 15 is 0 Å². The number of carboxylic acid groups (broad SMARTS) is 1. The molecule has 0 spiro atoms. The summed E-state index contributed by atoms with van der Waals surface area (Å²) in [5.74, 6) is -0.707. The van der Waals surface area contributed by atoms with Crippen molar-refractivity contribution in [3.63, 3.8) is 0 Å². The van der Waals surface area contributed by atoms with Gasteiger partial charge in [-0.1, -0.05) is 45.7 Å². The third-order valence-corrected chi connectivity index (χ3v) is 2.54. The van der Waals surface area contributed by atoms with Gasteiger partial charge in [0.15, 0.2) is 0 Å². The molecule has 0 fully saturated rings. The summed E-state index contributed by atoms with van der Waals surface area (Å²) < 4.78 is 6.08. The molecule has 0 aromatic heterocycles. The molecule has 0 aliphatic heterocycles. The molecule has 96 valence electrons. The van der Waals surface area contributed by atoms with E-state index in [0.29, 0.717) is 25.8 Å². The first-order valence-corrected chi connectivity index (χ1v) is 6.31. The zero-order valence-corrected chi connectivity index (χ0v) is 12.2. The summed E-state index contributed by atoms with van der Waals surface area (Å²) in [5, 5.41) is 9.31. The molecule has 0 bridgehead atoms. The van der Waals surface area contributed by atoms with Gasteiger partial charge in [0, 0.05) is 21.1 Å². The molecule has 0 amide bonds. The molecular weight excluding hydrogens is 343 g/mol. The van der Waals surface area contributed by atoms with Gasteiger partial charge in [0.2, 0.25) is 0 Å². The van der Waals surface area contributed by atoms with Crippen LogP contribution in [0.1, 0.15) is 5.56 Å². The zero-order chi connectivity index (χ0) is 13.7. The minimum Gasteiger partial charge on any atom is -0.486 e. The van der Waals surface area contributed by atoms with E-state index in [0.717, 1.165) is 6.08 Å². The van der Waals surface area contributed by atoms with Crippen LogP contribution in [-0.4, -0.2) is 17.7 Å². The summed E-state index contributed by atoms with van der Waals surface area (Å²) in [6, 6.07) is 3.09. The van der Waals surface area contributed by atoms with Crippen molar-refractivity contribution in [3.05, 3.63) is 44.9 Å². The number of ether oxygens (including phenoxy) is 1. The number of aliphatic carboxylic acids is 1. The molecule has 6 heteroatoms. The van der Waals surface area contributed by atoms with Crippen molar-refractivity contribution in [2.45, 2.75) is 0 Å². The highest BCUT2D eigenvalue weighted by molar-refractivity contribution is 9.11. The Morgan fingerprint density at radius 3 is 2.72 bits per heavy atom. The van der Waals surface area contributed by atoms with E-state index in [-0.39, 0.29) is 6.61 Å². The number of carbonyl (C=O) groups is 1. The molecule has 0 aliphatic rings. The molecule has 1 N–H and O–H groups in total. The topological polar surface area (TPSA) is 46.5 Å². The molecule has 0 unspecified atom stereocenters. The van der Waals surface area contributed by atoms with Crippen LogP contribution in [0, 0.1) is 0 Å². The highest BCUT2D eigenvalue weighted by atomic mass is 79.9. The fraction of sp³-hybridized carbons (Fsp3) is 0.0833. The van der Waals surface area contributed by atoms with E-state index in [2.05, 4.69) is 22.5 Å². The summed E-state index contributed by atoms with van der Waals surface area (Å²) >= 11 is 15.0. The van der Waals surface area contributed by atoms with Crippen LogP contribution in [-0.2, 0) is 4.79 Å². The van der Waals surface area contributed by atoms with Crippen molar-refractivity contribution in [3.8, 4) is 5.75 Å². The number of carboxylic acids is 1. The Morgan fingerprint density at radius 2 is 2.17 bits per heavy atom. The monoisotopic (exact) mass is 350 g/mol. The van der Waals surface area contributed by atoms with Crippen LogP contribution in [0.15, 0.2) is 29.3 Å². The smallest absolute Gasteiger partial charge is 0.328 e. The van der Waals surface area contributed by atoms with Crippen molar-refractivity contribution in [1.29, 1.82) is 0 Å². The molecular formula is C12H9BrCl2O3. The fourth-order valence-electron chi connectivity index (χ4n) is 1.17. The Hall–Kier alpha value is -0.970. The first-order valence-electron chi connectivity index (χ1n) is 4.76. The lowest BCUT2D eigenvalue weighted by Gasteiger charge is -2.11. The fourth-order valence-corrected chi connectivity index (χ4v) is 1.85. The van der Waals surface area contributed by atoms with Gasteiger partial charge in [-0.15, -0.1) is 0 Å². The van der Waals surface area contributed by atoms with Crippen LogP contribution in [0.5, 0.6) is 5.75 Å². The van der Waals surface area contributed by atoms with Gasteiger partial charge in [-0.2, -0.15) is 0 Å². The van der Waals surface area contributed by atoms with Crippen LogP contribution < -0.4 is 4.74 Å². The maximum absolute atomic E-state index is 10.5. The maximum atomic E-state index is 10.5. The van der Waals surface area contributed by atoms with Gasteiger partial charge in [0.1, 0.15) is 12.4 Å². The maximum Gasteiger partial charge on any atom is 0.328 e. The van der Waals surface area contributed by atoms with E-state index in [4.69, 9.17) is 33.0 Å². The van der Waals surface area contributed by atoms with Crippen LogP contribution in [0.2, 0.25) is 10.0 Å². The van der Waals surface area contributed by atoms with Crippen molar-refractivity contribution in [2.24, 2.45) is 0 Å². The third-order valence-electron chi connectivity index (χ3n) is 1.82. The standard InChI is InChI=1S/C12H9BrCl2O3/c1-7(13)6-18-12-8(2-3-11(16)17)4-9(14)5-10(12)15/h2-5H,1,6H2,(H,16,17). The minimum atomic E-state index is -1.07. The van der Waals surface area contributed by atoms with E-state index in [9.17, 15) is 4.79 Å². The Labute approximate surface area is 123 Å². The highest BCUT2D eigenvalue weighted by Gasteiger charge is 2.09. The van der Waals surface area contributed by atoms with Crippen molar-refractivity contribution >= 4 is 51.2 Å². The second-order valence-electron chi connectivity index (χ2n) is 3.28. The van der Waals surface area contributed by atoms with E-state index < -0.39 is 5.97 Å². The predicted molar refractivity (Wildman–Crippen MR) is 76.7 cm³/mol. The van der Waals surface area contributed by atoms with Gasteiger partial charge >= 0.3 is 5.97 Å². The molecule has 0 atom stereocenters. The lowest BCUT2D eigenvalue weighted by atomic mass is 10.2. The first-order chi connectivity index (χ1) is 8.40. The quantitative estimate of drug-likeness (QED) is 0.801.